The highest BCUT2D eigenvalue weighted by atomic mass is 16.7. The Bertz CT molecular complexity index is 504. The van der Waals surface area contributed by atoms with Gasteiger partial charge in [0.25, 0.3) is 0 Å². The van der Waals surface area contributed by atoms with E-state index < -0.39 is 6.10 Å². The van der Waals surface area contributed by atoms with E-state index in [1.807, 2.05) is 6.92 Å². The highest BCUT2D eigenvalue weighted by Gasteiger charge is 2.41. The van der Waals surface area contributed by atoms with Crippen LogP contribution < -0.4 is 0 Å². The molecule has 0 amide bonds. The van der Waals surface area contributed by atoms with Crippen LogP contribution in [0.4, 0.5) is 0 Å². The van der Waals surface area contributed by atoms with Crippen LogP contribution in [0.1, 0.15) is 45.4 Å². The van der Waals surface area contributed by atoms with E-state index in [1.54, 1.807) is 7.11 Å². The van der Waals surface area contributed by atoms with Crippen LogP contribution in [0.2, 0.25) is 0 Å². The van der Waals surface area contributed by atoms with Gasteiger partial charge in [-0.25, -0.2) is 4.79 Å². The Morgan fingerprint density at radius 3 is 3.08 bits per heavy atom. The summed E-state index contributed by atoms with van der Waals surface area (Å²) in [5, 5.41) is 4.21. The van der Waals surface area contributed by atoms with Crippen molar-refractivity contribution in [2.24, 2.45) is 17.0 Å². The summed E-state index contributed by atoms with van der Waals surface area (Å²) in [7, 11) is 1.63. The van der Waals surface area contributed by atoms with Crippen LogP contribution in [0.25, 0.3) is 0 Å². The number of fused-ring (bicyclic) bond motifs is 4. The van der Waals surface area contributed by atoms with Crippen molar-refractivity contribution in [2.45, 2.75) is 63.8 Å². The second-order valence-electron chi connectivity index (χ2n) is 6.92. The van der Waals surface area contributed by atoms with Crippen molar-refractivity contribution in [1.82, 2.24) is 0 Å². The number of esters is 1. The SMILES string of the molecule is COCO[C@H]1C[C@H]2/C=C/CCC[C@@H](C)OC(=O)[C@H]3CC(=NO3)[C@@H]2C1. The average molecular weight is 337 g/mol. The lowest BCUT2D eigenvalue weighted by Crippen LogP contribution is -2.28. The Morgan fingerprint density at radius 1 is 1.38 bits per heavy atom. The molecular weight excluding hydrogens is 310 g/mol. The lowest BCUT2D eigenvalue weighted by molar-refractivity contribution is -0.160. The Labute approximate surface area is 143 Å². The minimum absolute atomic E-state index is 0.0781. The molecule has 0 N–H and O–H groups in total. The van der Waals surface area contributed by atoms with Crippen LogP contribution in [0.5, 0.6) is 0 Å². The fraction of sp³-hybridized carbons (Fsp3) is 0.778. The van der Waals surface area contributed by atoms with E-state index in [0.717, 1.165) is 37.8 Å². The van der Waals surface area contributed by atoms with Gasteiger partial charge in [-0.3, -0.25) is 0 Å². The second kappa shape index (κ2) is 8.12. The monoisotopic (exact) mass is 337 g/mol. The van der Waals surface area contributed by atoms with Gasteiger partial charge in [0.15, 0.2) is 0 Å². The molecule has 6 nitrogen and oxygen atoms in total. The molecule has 0 aromatic heterocycles. The zero-order valence-electron chi connectivity index (χ0n) is 14.5. The van der Waals surface area contributed by atoms with Crippen molar-refractivity contribution in [1.29, 1.82) is 0 Å². The average Bonchev–Trinajstić information content (AvgIpc) is 3.18. The van der Waals surface area contributed by atoms with Gasteiger partial charge in [0.05, 0.1) is 17.9 Å². The van der Waals surface area contributed by atoms with Crippen molar-refractivity contribution in [3.63, 3.8) is 0 Å². The van der Waals surface area contributed by atoms with E-state index in [0.29, 0.717) is 19.1 Å². The standard InChI is InChI=1S/C18H27NO5/c1-12-6-4-3-5-7-13-8-14(22-11-21-2)9-15(13)16-10-17(24-19-16)18(20)23-12/h5,7,12-15,17H,3-4,6,8-11H2,1-2H3/b7-5+/t12-,13-,14+,15-,17-/m1/s1. The molecule has 2 heterocycles. The number of cyclic esters (lactones) is 1. The number of hydrogen-bond donors (Lipinski definition) is 0. The van der Waals surface area contributed by atoms with Gasteiger partial charge in [-0.2, -0.15) is 0 Å². The maximum absolute atomic E-state index is 12.2. The van der Waals surface area contributed by atoms with E-state index in [1.165, 1.54) is 0 Å². The third-order valence-corrected chi connectivity index (χ3v) is 5.05. The number of oxime groups is 1. The molecule has 0 aromatic carbocycles. The minimum Gasteiger partial charge on any atom is -0.460 e. The molecule has 0 radical (unpaired) electrons. The van der Waals surface area contributed by atoms with Crippen molar-refractivity contribution < 1.29 is 23.8 Å². The fourth-order valence-corrected chi connectivity index (χ4v) is 3.79. The summed E-state index contributed by atoms with van der Waals surface area (Å²) >= 11 is 0. The molecular formula is C18H27NO5. The molecule has 0 spiro atoms. The topological polar surface area (TPSA) is 66.4 Å². The van der Waals surface area contributed by atoms with E-state index in [2.05, 4.69) is 17.3 Å². The maximum atomic E-state index is 12.2. The second-order valence-corrected chi connectivity index (χ2v) is 6.92. The molecule has 3 aliphatic rings. The first-order valence-electron chi connectivity index (χ1n) is 8.87. The van der Waals surface area contributed by atoms with E-state index in [4.69, 9.17) is 19.0 Å². The number of carbonyl (C=O) groups is 1. The van der Waals surface area contributed by atoms with Crippen LogP contribution in [0.15, 0.2) is 17.3 Å². The van der Waals surface area contributed by atoms with E-state index in [-0.39, 0.29) is 24.1 Å². The molecule has 1 fully saturated rings. The molecule has 1 saturated carbocycles. The molecule has 0 aromatic rings. The molecule has 0 unspecified atom stereocenters. The molecule has 5 atom stereocenters. The van der Waals surface area contributed by atoms with Crippen LogP contribution in [-0.4, -0.2) is 43.9 Å². The Balaban J connectivity index is 1.72. The third-order valence-electron chi connectivity index (χ3n) is 5.05. The zero-order chi connectivity index (χ0) is 16.9. The zero-order valence-corrected chi connectivity index (χ0v) is 14.5. The number of nitrogens with zero attached hydrogens (tertiary/aromatic N) is 1. The highest BCUT2D eigenvalue weighted by molar-refractivity contribution is 5.93. The lowest BCUT2D eigenvalue weighted by Gasteiger charge is -2.15. The van der Waals surface area contributed by atoms with Gasteiger partial charge in [0.1, 0.15) is 6.79 Å². The summed E-state index contributed by atoms with van der Waals surface area (Å²) in [4.78, 5) is 17.6. The molecule has 24 heavy (non-hydrogen) atoms. The Kier molecular flexibility index (Phi) is 5.89. The minimum atomic E-state index is -0.591. The summed E-state index contributed by atoms with van der Waals surface area (Å²) in [6.07, 6.45) is 9.27. The highest BCUT2D eigenvalue weighted by Crippen LogP contribution is 2.38. The van der Waals surface area contributed by atoms with Crippen LogP contribution >= 0.6 is 0 Å². The van der Waals surface area contributed by atoms with Gasteiger partial charge in [-0.05, 0) is 44.9 Å². The van der Waals surface area contributed by atoms with Crippen molar-refractivity contribution in [2.75, 3.05) is 13.9 Å². The third kappa shape index (κ3) is 4.16. The normalized spacial score (nSPS) is 38.0. The smallest absolute Gasteiger partial charge is 0.350 e. The molecule has 3 rings (SSSR count). The molecule has 0 saturated heterocycles. The molecule has 2 bridgehead atoms. The maximum Gasteiger partial charge on any atom is 0.350 e. The van der Waals surface area contributed by atoms with Crippen LogP contribution in [0, 0.1) is 11.8 Å². The summed E-state index contributed by atoms with van der Waals surface area (Å²) in [6, 6.07) is 0. The van der Waals surface area contributed by atoms with Gasteiger partial charge in [-0.1, -0.05) is 17.3 Å². The Hall–Kier alpha value is -1.40. The number of rotatable bonds is 3. The first kappa shape index (κ1) is 17.4. The van der Waals surface area contributed by atoms with E-state index in [9.17, 15) is 4.79 Å². The number of carbonyl (C=O) groups excluding carboxylic acids is 1. The predicted molar refractivity (Wildman–Crippen MR) is 88.4 cm³/mol. The number of methoxy groups -OCH3 is 1. The van der Waals surface area contributed by atoms with Gasteiger partial charge < -0.3 is 19.0 Å². The van der Waals surface area contributed by atoms with Crippen LogP contribution in [-0.2, 0) is 23.8 Å². The number of allylic oxidation sites excluding steroid dienone is 2. The predicted octanol–water partition coefficient (Wildman–Crippen LogP) is 2.82. The molecule has 134 valence electrons. The summed E-state index contributed by atoms with van der Waals surface area (Å²) in [5.74, 6) is 0.344. The summed E-state index contributed by atoms with van der Waals surface area (Å²) < 4.78 is 16.3. The summed E-state index contributed by atoms with van der Waals surface area (Å²) in [5.41, 5.74) is 0.960. The van der Waals surface area contributed by atoms with Crippen molar-refractivity contribution in [3.05, 3.63) is 12.2 Å². The van der Waals surface area contributed by atoms with Gasteiger partial charge in [-0.15, -0.1) is 0 Å². The number of ether oxygens (including phenoxy) is 3. The van der Waals surface area contributed by atoms with E-state index >= 15 is 0 Å². The fourth-order valence-electron chi connectivity index (χ4n) is 3.79. The first-order chi connectivity index (χ1) is 11.7. The lowest BCUT2D eigenvalue weighted by atomic mass is 9.88. The van der Waals surface area contributed by atoms with Gasteiger partial charge >= 0.3 is 5.97 Å². The van der Waals surface area contributed by atoms with Crippen molar-refractivity contribution >= 4 is 11.7 Å². The summed E-state index contributed by atoms with van der Waals surface area (Å²) in [6.45, 7) is 2.24. The largest absolute Gasteiger partial charge is 0.460 e. The molecule has 2 aliphatic heterocycles. The van der Waals surface area contributed by atoms with Crippen molar-refractivity contribution in [3.8, 4) is 0 Å². The van der Waals surface area contributed by atoms with Gasteiger partial charge in [0, 0.05) is 19.4 Å². The first-order valence-corrected chi connectivity index (χ1v) is 8.87. The quantitative estimate of drug-likeness (QED) is 0.450. The molecule has 1 aliphatic carbocycles. The Morgan fingerprint density at radius 2 is 2.25 bits per heavy atom. The van der Waals surface area contributed by atoms with Crippen LogP contribution in [0.3, 0.4) is 0 Å². The number of hydrogen-bond acceptors (Lipinski definition) is 6. The van der Waals surface area contributed by atoms with Gasteiger partial charge in [0.2, 0.25) is 6.10 Å². The molecule has 6 heteroatoms.